The summed E-state index contributed by atoms with van der Waals surface area (Å²) in [5, 5.41) is 3.37. The van der Waals surface area contributed by atoms with Crippen molar-refractivity contribution in [3.05, 3.63) is 35.4 Å². The Kier molecular flexibility index (Phi) is 6.22. The summed E-state index contributed by atoms with van der Waals surface area (Å²) >= 11 is 0. The molecule has 1 aliphatic heterocycles. The van der Waals surface area contributed by atoms with Crippen molar-refractivity contribution in [3.8, 4) is 0 Å². The van der Waals surface area contributed by atoms with Gasteiger partial charge in [0.2, 0.25) is 0 Å². The van der Waals surface area contributed by atoms with Crippen LogP contribution < -0.4 is 5.32 Å². The smallest absolute Gasteiger partial charge is 0.193 e. The molecule has 1 aliphatic carbocycles. The number of likely N-dealkylation sites (tertiary alicyclic amines) is 1. The Hall–Kier alpha value is -0.920. The van der Waals surface area contributed by atoms with Crippen LogP contribution in [0.3, 0.4) is 0 Å². The third-order valence-electron chi connectivity index (χ3n) is 4.77. The standard InChI is InChI=1S/C17H23F2N3.HI/c1-11-6-8-22(9-7-11)17(20-2)21-15-10-12(15)16-13(18)4-3-5-14(16)19;/h3-5,11-12,15H,6-10H2,1-2H3,(H,20,21);1H. The van der Waals surface area contributed by atoms with E-state index in [9.17, 15) is 8.78 Å². The number of nitrogens with one attached hydrogen (secondary N) is 1. The lowest BCUT2D eigenvalue weighted by atomic mass is 9.99. The van der Waals surface area contributed by atoms with Crippen LogP contribution in [0, 0.1) is 17.6 Å². The maximum atomic E-state index is 13.8. The van der Waals surface area contributed by atoms with Crippen molar-refractivity contribution in [1.82, 2.24) is 10.2 Å². The molecule has 1 saturated heterocycles. The summed E-state index contributed by atoms with van der Waals surface area (Å²) in [6.07, 6.45) is 3.08. The molecule has 23 heavy (non-hydrogen) atoms. The number of nitrogens with zero attached hydrogens (tertiary/aromatic N) is 2. The SMILES string of the molecule is CN=C(NC1CC1c1c(F)cccc1F)N1CCC(C)CC1.I. The number of benzene rings is 1. The van der Waals surface area contributed by atoms with Gasteiger partial charge in [-0.05, 0) is 37.3 Å². The van der Waals surface area contributed by atoms with E-state index in [1.807, 2.05) is 0 Å². The van der Waals surface area contributed by atoms with Crippen LogP contribution in [0.15, 0.2) is 23.2 Å². The molecule has 2 aliphatic rings. The molecule has 1 heterocycles. The number of aliphatic imine (C=N–C) groups is 1. The Morgan fingerprint density at radius 1 is 1.22 bits per heavy atom. The quantitative estimate of drug-likeness (QED) is 0.436. The molecule has 0 spiro atoms. The fourth-order valence-corrected chi connectivity index (χ4v) is 3.22. The predicted octanol–water partition coefficient (Wildman–Crippen LogP) is 3.75. The van der Waals surface area contributed by atoms with Gasteiger partial charge in [-0.2, -0.15) is 0 Å². The molecule has 1 N–H and O–H groups in total. The molecule has 0 bridgehead atoms. The summed E-state index contributed by atoms with van der Waals surface area (Å²) in [7, 11) is 1.77. The van der Waals surface area contributed by atoms with E-state index < -0.39 is 11.6 Å². The zero-order valence-electron chi connectivity index (χ0n) is 13.6. The molecule has 2 fully saturated rings. The zero-order chi connectivity index (χ0) is 15.7. The summed E-state index contributed by atoms with van der Waals surface area (Å²) in [4.78, 5) is 6.58. The van der Waals surface area contributed by atoms with Crippen molar-refractivity contribution in [2.75, 3.05) is 20.1 Å². The van der Waals surface area contributed by atoms with Gasteiger partial charge in [0.05, 0.1) is 0 Å². The first-order valence-corrected chi connectivity index (χ1v) is 8.02. The Morgan fingerprint density at radius 2 is 1.83 bits per heavy atom. The van der Waals surface area contributed by atoms with Crippen LogP contribution in [0.25, 0.3) is 0 Å². The largest absolute Gasteiger partial charge is 0.353 e. The molecule has 2 atom stereocenters. The summed E-state index contributed by atoms with van der Waals surface area (Å²) in [6, 6.07) is 4.14. The van der Waals surface area contributed by atoms with Crippen LogP contribution in [-0.2, 0) is 0 Å². The molecule has 1 aromatic rings. The van der Waals surface area contributed by atoms with Crippen molar-refractivity contribution in [3.63, 3.8) is 0 Å². The van der Waals surface area contributed by atoms with Gasteiger partial charge < -0.3 is 10.2 Å². The molecule has 6 heteroatoms. The van der Waals surface area contributed by atoms with Crippen LogP contribution >= 0.6 is 24.0 Å². The number of hydrogen-bond acceptors (Lipinski definition) is 1. The molecular weight excluding hydrogens is 411 g/mol. The van der Waals surface area contributed by atoms with Crippen LogP contribution in [0.4, 0.5) is 8.78 Å². The van der Waals surface area contributed by atoms with E-state index in [1.54, 1.807) is 7.05 Å². The summed E-state index contributed by atoms with van der Waals surface area (Å²) in [6.45, 7) is 4.25. The van der Waals surface area contributed by atoms with Gasteiger partial charge in [0.1, 0.15) is 11.6 Å². The van der Waals surface area contributed by atoms with Crippen molar-refractivity contribution >= 4 is 29.9 Å². The lowest BCUT2D eigenvalue weighted by Gasteiger charge is -2.33. The second-order valence-corrected chi connectivity index (χ2v) is 6.45. The van der Waals surface area contributed by atoms with E-state index in [-0.39, 0.29) is 41.5 Å². The van der Waals surface area contributed by atoms with Crippen molar-refractivity contribution in [1.29, 1.82) is 0 Å². The van der Waals surface area contributed by atoms with Gasteiger partial charge in [-0.1, -0.05) is 13.0 Å². The van der Waals surface area contributed by atoms with Crippen molar-refractivity contribution in [2.24, 2.45) is 10.9 Å². The molecular formula is C17H24F2IN3. The van der Waals surface area contributed by atoms with Crippen LogP contribution in [0.5, 0.6) is 0 Å². The maximum absolute atomic E-state index is 13.8. The molecule has 2 unspecified atom stereocenters. The molecule has 0 aromatic heterocycles. The highest BCUT2D eigenvalue weighted by Gasteiger charge is 2.42. The fourth-order valence-electron chi connectivity index (χ4n) is 3.22. The van der Waals surface area contributed by atoms with E-state index in [2.05, 4.69) is 22.1 Å². The third kappa shape index (κ3) is 4.14. The lowest BCUT2D eigenvalue weighted by Crippen LogP contribution is -2.46. The van der Waals surface area contributed by atoms with Gasteiger partial charge in [0.15, 0.2) is 5.96 Å². The van der Waals surface area contributed by atoms with Gasteiger partial charge in [-0.3, -0.25) is 4.99 Å². The third-order valence-corrected chi connectivity index (χ3v) is 4.77. The number of piperidine rings is 1. The monoisotopic (exact) mass is 435 g/mol. The summed E-state index contributed by atoms with van der Waals surface area (Å²) in [5.74, 6) is 0.625. The molecule has 0 amide bonds. The Labute approximate surface area is 153 Å². The Morgan fingerprint density at radius 3 is 2.39 bits per heavy atom. The zero-order valence-corrected chi connectivity index (χ0v) is 15.9. The van der Waals surface area contributed by atoms with E-state index >= 15 is 0 Å². The van der Waals surface area contributed by atoms with Gasteiger partial charge in [-0.15, -0.1) is 24.0 Å². The van der Waals surface area contributed by atoms with E-state index in [1.165, 1.54) is 18.2 Å². The van der Waals surface area contributed by atoms with Crippen LogP contribution in [-0.4, -0.2) is 37.0 Å². The molecule has 3 rings (SSSR count). The highest BCUT2D eigenvalue weighted by molar-refractivity contribution is 14.0. The highest BCUT2D eigenvalue weighted by Crippen LogP contribution is 2.43. The minimum absolute atomic E-state index is 0. The normalized spacial score (nSPS) is 25.0. The molecule has 0 radical (unpaired) electrons. The Bertz CT molecular complexity index is 551. The van der Waals surface area contributed by atoms with Crippen molar-refractivity contribution in [2.45, 2.75) is 38.1 Å². The minimum atomic E-state index is -0.448. The minimum Gasteiger partial charge on any atom is -0.353 e. The van der Waals surface area contributed by atoms with Crippen LogP contribution in [0.1, 0.15) is 37.7 Å². The first kappa shape index (κ1) is 18.4. The second-order valence-electron chi connectivity index (χ2n) is 6.45. The lowest BCUT2D eigenvalue weighted by molar-refractivity contribution is 0.273. The average molecular weight is 435 g/mol. The second kappa shape index (κ2) is 7.77. The van der Waals surface area contributed by atoms with Crippen molar-refractivity contribution < 1.29 is 8.78 Å². The maximum Gasteiger partial charge on any atom is 0.193 e. The summed E-state index contributed by atoms with van der Waals surface area (Å²) < 4.78 is 27.6. The topological polar surface area (TPSA) is 27.6 Å². The highest BCUT2D eigenvalue weighted by atomic mass is 127. The number of rotatable bonds is 2. The van der Waals surface area contributed by atoms with Gasteiger partial charge in [-0.25, -0.2) is 8.78 Å². The van der Waals surface area contributed by atoms with E-state index in [0.29, 0.717) is 0 Å². The first-order chi connectivity index (χ1) is 10.6. The number of halogens is 3. The summed E-state index contributed by atoms with van der Waals surface area (Å²) in [5.41, 5.74) is 0.211. The molecule has 3 nitrogen and oxygen atoms in total. The first-order valence-electron chi connectivity index (χ1n) is 8.02. The van der Waals surface area contributed by atoms with Crippen LogP contribution in [0.2, 0.25) is 0 Å². The van der Waals surface area contributed by atoms with Gasteiger partial charge in [0, 0.05) is 37.7 Å². The van der Waals surface area contributed by atoms with Gasteiger partial charge in [0.25, 0.3) is 0 Å². The number of guanidine groups is 1. The molecule has 128 valence electrons. The average Bonchev–Trinajstić information content (AvgIpc) is 3.24. The Balaban J connectivity index is 0.00000192. The fraction of sp³-hybridized carbons (Fsp3) is 0.588. The molecule has 1 saturated carbocycles. The van der Waals surface area contributed by atoms with E-state index in [4.69, 9.17) is 0 Å². The molecule has 1 aromatic carbocycles. The number of hydrogen-bond donors (Lipinski definition) is 1. The van der Waals surface area contributed by atoms with Gasteiger partial charge >= 0.3 is 0 Å². The predicted molar refractivity (Wildman–Crippen MR) is 99.4 cm³/mol. The van der Waals surface area contributed by atoms with E-state index in [0.717, 1.165) is 44.2 Å².